The van der Waals surface area contributed by atoms with Gasteiger partial charge in [0, 0.05) is 12.4 Å². The van der Waals surface area contributed by atoms with Crippen molar-refractivity contribution in [1.29, 1.82) is 0 Å². The van der Waals surface area contributed by atoms with Crippen LogP contribution in [0.5, 0.6) is 0 Å². The average molecular weight is 116 g/mol. The van der Waals surface area contributed by atoms with Gasteiger partial charge in [0.05, 0.1) is 0 Å². The number of aromatic nitrogens is 2. The number of rotatable bonds is 0. The Hall–Kier alpha value is -1.00. The van der Waals surface area contributed by atoms with E-state index >= 15 is 0 Å². The first-order valence-corrected chi connectivity index (χ1v) is 1.70. The second kappa shape index (κ2) is 6.00. The van der Waals surface area contributed by atoms with Crippen molar-refractivity contribution in [3.05, 3.63) is 24.8 Å². The first kappa shape index (κ1) is 10.1. The second-order valence-electron chi connectivity index (χ2n) is 0.904. The molecule has 0 aromatic carbocycles. The van der Waals surface area contributed by atoms with E-state index in [4.69, 9.17) is 0 Å². The van der Waals surface area contributed by atoms with Gasteiger partial charge in [-0.2, -0.15) is 0 Å². The van der Waals surface area contributed by atoms with Gasteiger partial charge in [-0.05, 0) is 6.07 Å². The van der Waals surface area contributed by atoms with Gasteiger partial charge >= 0.3 is 1.43 Å². The molecule has 0 amide bonds. The van der Waals surface area contributed by atoms with Gasteiger partial charge in [0.15, 0.2) is 0 Å². The molecule has 0 fully saturated rings. The van der Waals surface area contributed by atoms with Crippen LogP contribution in [0.2, 0.25) is 0 Å². The smallest absolute Gasteiger partial charge is 0.412 e. The fourth-order valence-electron chi connectivity index (χ4n) is 0.253. The van der Waals surface area contributed by atoms with Crippen LogP contribution in [0.15, 0.2) is 24.8 Å². The Morgan fingerprint density at radius 1 is 1.12 bits per heavy atom. The van der Waals surface area contributed by atoms with Gasteiger partial charge in [-0.3, -0.25) is 0 Å². The van der Waals surface area contributed by atoms with Crippen LogP contribution in [-0.4, -0.2) is 15.4 Å². The van der Waals surface area contributed by atoms with Crippen molar-refractivity contribution in [2.75, 3.05) is 0 Å². The van der Waals surface area contributed by atoms with E-state index in [1.807, 2.05) is 0 Å². The van der Waals surface area contributed by atoms with Crippen LogP contribution in [0.1, 0.15) is 1.43 Å². The van der Waals surface area contributed by atoms with Crippen molar-refractivity contribution in [3.63, 3.8) is 0 Å². The summed E-state index contributed by atoms with van der Waals surface area (Å²) in [5, 5.41) is 0. The van der Waals surface area contributed by atoms with Crippen molar-refractivity contribution in [3.8, 4) is 0 Å². The summed E-state index contributed by atoms with van der Waals surface area (Å²) in [6.07, 6.45) is 4.88. The lowest BCUT2D eigenvalue weighted by atomic mass is 10.7. The lowest BCUT2D eigenvalue weighted by Gasteiger charge is -1.70. The minimum Gasteiger partial charge on any atom is -0.412 e. The van der Waals surface area contributed by atoms with E-state index in [0.717, 1.165) is 0 Å². The topological polar surface area (TPSA) is 92.3 Å². The van der Waals surface area contributed by atoms with E-state index in [1.165, 1.54) is 6.33 Å². The van der Waals surface area contributed by atoms with Crippen LogP contribution in [0, 0.1) is 0 Å². The molecule has 4 heteroatoms. The van der Waals surface area contributed by atoms with E-state index in [9.17, 15) is 0 Å². The quantitative estimate of drug-likeness (QED) is 0.514. The molecule has 4 nitrogen and oxygen atoms in total. The van der Waals surface area contributed by atoms with Gasteiger partial charge in [-0.15, -0.1) is 0 Å². The Labute approximate surface area is 49.0 Å². The molecule has 0 saturated carbocycles. The maximum atomic E-state index is 3.67. The Morgan fingerprint density at radius 2 is 1.62 bits per heavy atom. The number of nitrogens with zero attached hydrogens (tertiary/aromatic N) is 2. The summed E-state index contributed by atoms with van der Waals surface area (Å²) in [6, 6.07) is 1.78. The van der Waals surface area contributed by atoms with Crippen LogP contribution in [0.4, 0.5) is 0 Å². The van der Waals surface area contributed by atoms with Crippen LogP contribution >= 0.6 is 0 Å². The third kappa shape index (κ3) is 3.20. The van der Waals surface area contributed by atoms with Crippen molar-refractivity contribution in [2.24, 2.45) is 0 Å². The Morgan fingerprint density at radius 3 is 1.75 bits per heavy atom. The van der Waals surface area contributed by atoms with Gasteiger partial charge in [0.25, 0.3) is 0 Å². The SMILES string of the molecule is N.O.[H+].c1cncnc1. The van der Waals surface area contributed by atoms with Gasteiger partial charge in [-0.25, -0.2) is 9.97 Å². The van der Waals surface area contributed by atoms with E-state index in [2.05, 4.69) is 9.97 Å². The predicted molar refractivity (Wildman–Crippen MR) is 31.8 cm³/mol. The molecule has 46 valence electrons. The Kier molecular flexibility index (Phi) is 7.56. The lowest BCUT2D eigenvalue weighted by molar-refractivity contribution is 0.824. The van der Waals surface area contributed by atoms with E-state index in [0.29, 0.717) is 0 Å². The van der Waals surface area contributed by atoms with Crippen molar-refractivity contribution >= 4 is 0 Å². The Balaban J connectivity index is -0.000000120. The zero-order chi connectivity index (χ0) is 4.24. The van der Waals surface area contributed by atoms with Crippen LogP contribution in [0.3, 0.4) is 0 Å². The summed E-state index contributed by atoms with van der Waals surface area (Å²) in [7, 11) is 0. The monoisotopic (exact) mass is 116 g/mol. The number of hydrogen-bond donors (Lipinski definition) is 1. The summed E-state index contributed by atoms with van der Waals surface area (Å²) in [5.74, 6) is 0. The number of hydrogen-bond acceptors (Lipinski definition) is 3. The molecule has 1 rings (SSSR count). The Bertz CT molecular complexity index is 87.7. The molecule has 0 saturated heterocycles. The van der Waals surface area contributed by atoms with Gasteiger partial charge in [0.2, 0.25) is 0 Å². The maximum absolute atomic E-state index is 3.67. The molecule has 0 atom stereocenters. The second-order valence-corrected chi connectivity index (χ2v) is 0.904. The van der Waals surface area contributed by atoms with Crippen molar-refractivity contribution in [1.82, 2.24) is 16.1 Å². The third-order valence-electron chi connectivity index (χ3n) is 0.478. The fraction of sp³-hybridized carbons (Fsp3) is 0. The maximum Gasteiger partial charge on any atom is 1.00 e. The van der Waals surface area contributed by atoms with E-state index < -0.39 is 0 Å². The zero-order valence-electron chi connectivity index (χ0n) is 5.41. The zero-order valence-corrected chi connectivity index (χ0v) is 4.41. The highest BCUT2D eigenvalue weighted by molar-refractivity contribution is 4.74. The first-order chi connectivity index (χ1) is 3.00. The summed E-state index contributed by atoms with van der Waals surface area (Å²) < 4.78 is 0. The van der Waals surface area contributed by atoms with Gasteiger partial charge in [-0.1, -0.05) is 0 Å². The molecular weight excluding hydrogens is 106 g/mol. The highest BCUT2D eigenvalue weighted by Crippen LogP contribution is 1.66. The largest absolute Gasteiger partial charge is 1.00 e. The molecule has 0 aliphatic carbocycles. The first-order valence-electron chi connectivity index (χ1n) is 1.70. The van der Waals surface area contributed by atoms with Crippen molar-refractivity contribution in [2.45, 2.75) is 0 Å². The fourth-order valence-corrected chi connectivity index (χ4v) is 0.253. The molecule has 0 aliphatic heterocycles. The van der Waals surface area contributed by atoms with Gasteiger partial charge < -0.3 is 11.6 Å². The average Bonchev–Trinajstić information content (AvgIpc) is 1.72. The minimum atomic E-state index is 0. The normalized spacial score (nSPS) is 6.00. The standard InChI is InChI=1S/C4H4N2.H3N.H2O/c1-2-5-4-6-3-1;;/h1-4H;1H3;1H2/p+1. The summed E-state index contributed by atoms with van der Waals surface area (Å²) in [4.78, 5) is 7.35. The van der Waals surface area contributed by atoms with Gasteiger partial charge in [0.1, 0.15) is 6.33 Å². The molecule has 5 N–H and O–H groups in total. The summed E-state index contributed by atoms with van der Waals surface area (Å²) in [6.45, 7) is 0. The lowest BCUT2D eigenvalue weighted by Crippen LogP contribution is -1.66. The predicted octanol–water partition coefficient (Wildman–Crippen LogP) is -0.0736. The molecular formula is C4H10N3O+. The molecule has 1 heterocycles. The molecule has 8 heavy (non-hydrogen) atoms. The molecule has 1 aromatic heterocycles. The molecule has 1 aromatic rings. The molecule has 0 unspecified atom stereocenters. The molecule has 0 bridgehead atoms. The third-order valence-corrected chi connectivity index (χ3v) is 0.478. The highest BCUT2D eigenvalue weighted by atomic mass is 16.0. The molecule has 0 spiro atoms. The van der Waals surface area contributed by atoms with Crippen LogP contribution in [-0.2, 0) is 0 Å². The van der Waals surface area contributed by atoms with Crippen LogP contribution < -0.4 is 6.15 Å². The van der Waals surface area contributed by atoms with Crippen LogP contribution in [0.25, 0.3) is 0 Å². The summed E-state index contributed by atoms with van der Waals surface area (Å²) >= 11 is 0. The highest BCUT2D eigenvalue weighted by Gasteiger charge is 1.59. The molecule has 0 radical (unpaired) electrons. The summed E-state index contributed by atoms with van der Waals surface area (Å²) in [5.41, 5.74) is 0. The minimum absolute atomic E-state index is 0. The van der Waals surface area contributed by atoms with E-state index in [-0.39, 0.29) is 13.1 Å². The molecule has 0 aliphatic rings. The van der Waals surface area contributed by atoms with Crippen molar-refractivity contribution < 1.29 is 6.90 Å². The van der Waals surface area contributed by atoms with E-state index in [1.54, 1.807) is 18.5 Å².